The Balaban J connectivity index is 3.46. The smallest absolute Gasteiger partial charge is 0.0833 e. The molecule has 0 aromatic carbocycles. The van der Waals surface area contributed by atoms with Gasteiger partial charge in [-0.2, -0.15) is 11.8 Å². The van der Waals surface area contributed by atoms with Crippen molar-refractivity contribution >= 4 is 11.8 Å². The molecule has 0 aromatic heterocycles. The van der Waals surface area contributed by atoms with Gasteiger partial charge in [0.05, 0.1) is 11.7 Å². The Bertz CT molecular complexity index is 118. The molecule has 0 saturated heterocycles. The summed E-state index contributed by atoms with van der Waals surface area (Å²) in [5.74, 6) is 0.708. The van der Waals surface area contributed by atoms with Crippen LogP contribution in [-0.2, 0) is 0 Å². The molecule has 0 saturated carbocycles. The van der Waals surface area contributed by atoms with Gasteiger partial charge in [-0.15, -0.1) is 0 Å². The third-order valence-electron chi connectivity index (χ3n) is 1.40. The second-order valence-corrected chi connectivity index (χ2v) is 4.28. The van der Waals surface area contributed by atoms with E-state index in [9.17, 15) is 5.11 Å². The summed E-state index contributed by atoms with van der Waals surface area (Å²) < 4.78 is 0. The molecule has 1 unspecified atom stereocenters. The van der Waals surface area contributed by atoms with Crippen LogP contribution in [0.2, 0.25) is 0 Å². The zero-order chi connectivity index (χ0) is 9.61. The van der Waals surface area contributed by atoms with Crippen LogP contribution in [0, 0.1) is 0 Å². The molecule has 3 N–H and O–H groups in total. The SMILES string of the molecule is CSCC(C)(O)CNC[C@@H](C)O. The number of aliphatic hydroxyl groups is 2. The Morgan fingerprint density at radius 2 is 2.17 bits per heavy atom. The molecule has 0 fully saturated rings. The molecular formula is C8H19NO2S. The van der Waals surface area contributed by atoms with E-state index in [0.717, 1.165) is 0 Å². The number of aliphatic hydroxyl groups excluding tert-OH is 1. The van der Waals surface area contributed by atoms with E-state index < -0.39 is 5.60 Å². The van der Waals surface area contributed by atoms with Crippen LogP contribution in [0.4, 0.5) is 0 Å². The summed E-state index contributed by atoms with van der Waals surface area (Å²) in [6.45, 7) is 4.57. The minimum absolute atomic E-state index is 0.352. The number of hydrogen-bond acceptors (Lipinski definition) is 4. The minimum atomic E-state index is -0.672. The first-order valence-corrected chi connectivity index (χ1v) is 5.47. The highest BCUT2D eigenvalue weighted by Crippen LogP contribution is 2.08. The van der Waals surface area contributed by atoms with Gasteiger partial charge >= 0.3 is 0 Å². The van der Waals surface area contributed by atoms with Crippen LogP contribution >= 0.6 is 11.8 Å². The van der Waals surface area contributed by atoms with Crippen molar-refractivity contribution in [3.05, 3.63) is 0 Å². The van der Waals surface area contributed by atoms with Crippen molar-refractivity contribution in [3.8, 4) is 0 Å². The first kappa shape index (κ1) is 12.2. The van der Waals surface area contributed by atoms with E-state index in [1.807, 2.05) is 6.26 Å². The zero-order valence-corrected chi connectivity index (χ0v) is 8.82. The molecule has 0 aliphatic heterocycles. The average molecular weight is 193 g/mol. The van der Waals surface area contributed by atoms with E-state index in [-0.39, 0.29) is 6.10 Å². The summed E-state index contributed by atoms with van der Waals surface area (Å²) in [4.78, 5) is 0. The van der Waals surface area contributed by atoms with Crippen molar-refractivity contribution in [1.29, 1.82) is 0 Å². The van der Waals surface area contributed by atoms with Crippen LogP contribution in [0.1, 0.15) is 13.8 Å². The number of thioether (sulfide) groups is 1. The van der Waals surface area contributed by atoms with Gasteiger partial charge in [0.25, 0.3) is 0 Å². The second-order valence-electron chi connectivity index (χ2n) is 3.41. The molecule has 0 aliphatic rings. The highest BCUT2D eigenvalue weighted by atomic mass is 32.2. The molecular weight excluding hydrogens is 174 g/mol. The van der Waals surface area contributed by atoms with Crippen LogP contribution in [0.25, 0.3) is 0 Å². The minimum Gasteiger partial charge on any atom is -0.392 e. The molecule has 0 radical (unpaired) electrons. The molecule has 2 atom stereocenters. The maximum atomic E-state index is 9.66. The van der Waals surface area contributed by atoms with Gasteiger partial charge in [-0.05, 0) is 20.1 Å². The van der Waals surface area contributed by atoms with Gasteiger partial charge in [-0.25, -0.2) is 0 Å². The van der Waals surface area contributed by atoms with Gasteiger partial charge in [-0.1, -0.05) is 0 Å². The first-order chi connectivity index (χ1) is 5.48. The summed E-state index contributed by atoms with van der Waals surface area (Å²) >= 11 is 1.61. The molecule has 0 heterocycles. The highest BCUT2D eigenvalue weighted by Gasteiger charge is 2.18. The lowest BCUT2D eigenvalue weighted by Crippen LogP contribution is -2.42. The van der Waals surface area contributed by atoms with Crippen molar-refractivity contribution in [3.63, 3.8) is 0 Å². The van der Waals surface area contributed by atoms with Gasteiger partial charge in [0.2, 0.25) is 0 Å². The van der Waals surface area contributed by atoms with E-state index in [1.54, 1.807) is 25.6 Å². The van der Waals surface area contributed by atoms with Crippen LogP contribution in [0.3, 0.4) is 0 Å². The molecule has 0 amide bonds. The van der Waals surface area contributed by atoms with Crippen molar-refractivity contribution in [2.75, 3.05) is 25.1 Å². The molecule has 0 aromatic rings. The summed E-state index contributed by atoms with van der Waals surface area (Å²) in [6, 6.07) is 0. The molecule has 0 aliphatic carbocycles. The number of nitrogens with one attached hydrogen (secondary N) is 1. The molecule has 74 valence electrons. The quantitative estimate of drug-likeness (QED) is 0.559. The maximum absolute atomic E-state index is 9.66. The lowest BCUT2D eigenvalue weighted by Gasteiger charge is -2.22. The van der Waals surface area contributed by atoms with Crippen LogP contribution in [0.15, 0.2) is 0 Å². The predicted octanol–water partition coefficient (Wildman–Crippen LogP) is 0.0708. The van der Waals surface area contributed by atoms with E-state index >= 15 is 0 Å². The Hall–Kier alpha value is 0.230. The maximum Gasteiger partial charge on any atom is 0.0833 e. The summed E-state index contributed by atoms with van der Waals surface area (Å²) in [7, 11) is 0. The lowest BCUT2D eigenvalue weighted by atomic mass is 10.1. The topological polar surface area (TPSA) is 52.5 Å². The van der Waals surface area contributed by atoms with E-state index in [1.165, 1.54) is 0 Å². The van der Waals surface area contributed by atoms with Gasteiger partial charge in [0.15, 0.2) is 0 Å². The van der Waals surface area contributed by atoms with Crippen molar-refractivity contribution in [2.24, 2.45) is 0 Å². The highest BCUT2D eigenvalue weighted by molar-refractivity contribution is 7.98. The first-order valence-electron chi connectivity index (χ1n) is 4.08. The predicted molar refractivity (Wildman–Crippen MR) is 53.6 cm³/mol. The second kappa shape index (κ2) is 5.80. The van der Waals surface area contributed by atoms with Crippen molar-refractivity contribution in [2.45, 2.75) is 25.6 Å². The average Bonchev–Trinajstić information content (AvgIpc) is 1.85. The Morgan fingerprint density at radius 3 is 2.58 bits per heavy atom. The number of rotatable bonds is 6. The molecule has 4 heteroatoms. The van der Waals surface area contributed by atoms with Gasteiger partial charge in [0.1, 0.15) is 0 Å². The van der Waals surface area contributed by atoms with E-state index in [4.69, 9.17) is 5.11 Å². The van der Waals surface area contributed by atoms with Crippen molar-refractivity contribution in [1.82, 2.24) is 5.32 Å². The lowest BCUT2D eigenvalue weighted by molar-refractivity contribution is 0.0800. The fourth-order valence-corrected chi connectivity index (χ4v) is 1.64. The third-order valence-corrected chi connectivity index (χ3v) is 2.31. The van der Waals surface area contributed by atoms with Crippen LogP contribution in [-0.4, -0.2) is 47.0 Å². The Morgan fingerprint density at radius 1 is 1.58 bits per heavy atom. The summed E-state index contributed by atoms with van der Waals surface area (Å²) in [6.07, 6.45) is 1.61. The number of hydrogen-bond donors (Lipinski definition) is 3. The molecule has 3 nitrogen and oxygen atoms in total. The Kier molecular flexibility index (Phi) is 5.92. The normalized spacial score (nSPS) is 18.8. The van der Waals surface area contributed by atoms with Gasteiger partial charge < -0.3 is 15.5 Å². The largest absolute Gasteiger partial charge is 0.392 e. The van der Waals surface area contributed by atoms with Crippen LogP contribution in [0.5, 0.6) is 0 Å². The molecule has 12 heavy (non-hydrogen) atoms. The summed E-state index contributed by atoms with van der Waals surface area (Å²) in [5, 5.41) is 21.6. The monoisotopic (exact) mass is 193 g/mol. The van der Waals surface area contributed by atoms with Crippen molar-refractivity contribution < 1.29 is 10.2 Å². The molecule has 0 rings (SSSR count). The standard InChI is InChI=1S/C8H19NO2S/c1-7(10)4-9-5-8(2,11)6-12-3/h7,9-11H,4-6H2,1-3H3/t7-,8?/m1/s1. The van der Waals surface area contributed by atoms with Gasteiger partial charge in [0, 0.05) is 18.8 Å². The van der Waals surface area contributed by atoms with E-state index in [0.29, 0.717) is 18.8 Å². The van der Waals surface area contributed by atoms with Crippen LogP contribution < -0.4 is 5.32 Å². The molecule has 0 bridgehead atoms. The molecule has 0 spiro atoms. The van der Waals surface area contributed by atoms with Gasteiger partial charge in [-0.3, -0.25) is 0 Å². The summed E-state index contributed by atoms with van der Waals surface area (Å²) in [5.41, 5.74) is -0.672. The fourth-order valence-electron chi connectivity index (χ4n) is 0.912. The zero-order valence-electron chi connectivity index (χ0n) is 8.00. The fraction of sp³-hybridized carbons (Fsp3) is 1.00. The Labute approximate surface area is 78.6 Å². The van der Waals surface area contributed by atoms with E-state index in [2.05, 4.69) is 5.32 Å². The third kappa shape index (κ3) is 6.91.